The Kier molecular flexibility index (Phi) is 4.61. The summed E-state index contributed by atoms with van der Waals surface area (Å²) in [6, 6.07) is 5.93. The summed E-state index contributed by atoms with van der Waals surface area (Å²) in [4.78, 5) is 12.8. The van der Waals surface area contributed by atoms with E-state index in [0.29, 0.717) is 34.5 Å². The predicted molar refractivity (Wildman–Crippen MR) is 96.2 cm³/mol. The minimum absolute atomic E-state index is 0.144. The van der Waals surface area contributed by atoms with Crippen LogP contribution in [0.2, 0.25) is 0 Å². The number of nitrogens with one attached hydrogen (secondary N) is 1. The summed E-state index contributed by atoms with van der Waals surface area (Å²) in [6.07, 6.45) is 2.37. The van der Waals surface area contributed by atoms with Crippen LogP contribution in [0.4, 0.5) is 5.69 Å². The van der Waals surface area contributed by atoms with Gasteiger partial charge in [0.05, 0.1) is 26.9 Å². The topological polar surface area (TPSA) is 61.7 Å². The van der Waals surface area contributed by atoms with Crippen molar-refractivity contribution in [3.63, 3.8) is 0 Å². The van der Waals surface area contributed by atoms with Gasteiger partial charge in [0.2, 0.25) is 5.75 Å². The van der Waals surface area contributed by atoms with Crippen LogP contribution in [0.15, 0.2) is 18.2 Å². The lowest BCUT2D eigenvalue weighted by Crippen LogP contribution is -2.13. The molecular weight excluding hydrogens is 320 g/mol. The predicted octanol–water partition coefficient (Wildman–Crippen LogP) is 3.72. The van der Waals surface area contributed by atoms with Crippen LogP contribution < -0.4 is 19.5 Å². The summed E-state index contributed by atoms with van der Waals surface area (Å²) in [5, 5.41) is 2.93. The fourth-order valence-corrected chi connectivity index (χ4v) is 3.25. The Balaban J connectivity index is 1.90. The molecule has 0 unspecified atom stereocenters. The summed E-state index contributed by atoms with van der Waals surface area (Å²) in [5.41, 5.74) is 3.41. The molecule has 6 nitrogen and oxygen atoms in total. The number of carbonyl (C=O) groups excluding carboxylic acids is 1. The van der Waals surface area contributed by atoms with Gasteiger partial charge in [-0.05, 0) is 32.8 Å². The Morgan fingerprint density at radius 2 is 1.64 bits per heavy atom. The van der Waals surface area contributed by atoms with Gasteiger partial charge in [-0.25, -0.2) is 0 Å². The van der Waals surface area contributed by atoms with Crippen LogP contribution in [0.25, 0.3) is 0 Å². The lowest BCUT2D eigenvalue weighted by molar-refractivity contribution is 0.102. The van der Waals surface area contributed by atoms with Gasteiger partial charge in [0, 0.05) is 35.2 Å². The van der Waals surface area contributed by atoms with E-state index in [4.69, 9.17) is 14.2 Å². The maximum absolute atomic E-state index is 12.8. The number of nitrogens with zero attached hydrogens (tertiary/aromatic N) is 1. The number of methoxy groups -OCH3 is 3. The van der Waals surface area contributed by atoms with E-state index in [9.17, 15) is 4.79 Å². The number of amides is 1. The summed E-state index contributed by atoms with van der Waals surface area (Å²) in [7, 11) is 4.64. The number of carbonyl (C=O) groups is 1. The Morgan fingerprint density at radius 1 is 1.04 bits per heavy atom. The molecule has 0 spiro atoms. The van der Waals surface area contributed by atoms with Gasteiger partial charge in [-0.15, -0.1) is 0 Å². The highest BCUT2D eigenvalue weighted by atomic mass is 16.5. The zero-order valence-corrected chi connectivity index (χ0v) is 15.3. The minimum Gasteiger partial charge on any atom is -0.493 e. The average molecular weight is 344 g/mol. The van der Waals surface area contributed by atoms with Crippen molar-refractivity contribution in [2.45, 2.75) is 32.7 Å². The molecule has 6 heteroatoms. The molecule has 134 valence electrons. The van der Waals surface area contributed by atoms with Crippen LogP contribution in [0.3, 0.4) is 0 Å². The highest BCUT2D eigenvalue weighted by Crippen LogP contribution is 2.41. The zero-order valence-electron chi connectivity index (χ0n) is 15.3. The van der Waals surface area contributed by atoms with Gasteiger partial charge in [0.1, 0.15) is 0 Å². The summed E-state index contributed by atoms with van der Waals surface area (Å²) < 4.78 is 18.2. The minimum atomic E-state index is -0.144. The molecule has 0 aliphatic heterocycles. The van der Waals surface area contributed by atoms with E-state index < -0.39 is 0 Å². The summed E-state index contributed by atoms with van der Waals surface area (Å²) in [6.45, 7) is 4.04. The monoisotopic (exact) mass is 344 g/mol. The second-order valence-corrected chi connectivity index (χ2v) is 6.25. The first kappa shape index (κ1) is 17.2. The van der Waals surface area contributed by atoms with Crippen molar-refractivity contribution >= 4 is 11.6 Å². The molecule has 1 saturated carbocycles. The standard InChI is InChI=1S/C19H24N2O4/c1-11-8-15(12(2)21(11)14-6-7-14)19(22)20-13-9-16(23-3)18(25-5)17(10-13)24-4/h8-10,14H,6-7H2,1-5H3,(H,20,22). The molecular formula is C19H24N2O4. The number of aromatic nitrogens is 1. The molecule has 1 N–H and O–H groups in total. The Hall–Kier alpha value is -2.63. The van der Waals surface area contributed by atoms with Crippen LogP contribution in [-0.2, 0) is 0 Å². The van der Waals surface area contributed by atoms with E-state index in [1.165, 1.54) is 12.8 Å². The van der Waals surface area contributed by atoms with E-state index in [1.54, 1.807) is 33.5 Å². The molecule has 2 aromatic rings. The van der Waals surface area contributed by atoms with Crippen LogP contribution >= 0.6 is 0 Å². The van der Waals surface area contributed by atoms with Crippen molar-refractivity contribution in [3.05, 3.63) is 35.2 Å². The second-order valence-electron chi connectivity index (χ2n) is 6.25. The van der Waals surface area contributed by atoms with Crippen LogP contribution in [0.5, 0.6) is 17.2 Å². The molecule has 0 atom stereocenters. The normalized spacial score (nSPS) is 13.5. The molecule has 0 saturated heterocycles. The van der Waals surface area contributed by atoms with Crippen LogP contribution in [0.1, 0.15) is 40.6 Å². The van der Waals surface area contributed by atoms with Crippen molar-refractivity contribution in [1.82, 2.24) is 4.57 Å². The highest BCUT2D eigenvalue weighted by molar-refractivity contribution is 6.05. The van der Waals surface area contributed by atoms with Crippen molar-refractivity contribution in [2.24, 2.45) is 0 Å². The van der Waals surface area contributed by atoms with E-state index in [-0.39, 0.29) is 5.91 Å². The van der Waals surface area contributed by atoms with Crippen molar-refractivity contribution < 1.29 is 19.0 Å². The third kappa shape index (κ3) is 3.16. The molecule has 0 bridgehead atoms. The molecule has 1 heterocycles. The molecule has 1 aliphatic carbocycles. The van der Waals surface area contributed by atoms with E-state index >= 15 is 0 Å². The Morgan fingerprint density at radius 3 is 2.12 bits per heavy atom. The number of hydrogen-bond acceptors (Lipinski definition) is 4. The first-order valence-electron chi connectivity index (χ1n) is 8.30. The smallest absolute Gasteiger partial charge is 0.257 e. The zero-order chi connectivity index (χ0) is 18.1. The van der Waals surface area contributed by atoms with Gasteiger partial charge >= 0.3 is 0 Å². The van der Waals surface area contributed by atoms with Crippen LogP contribution in [-0.4, -0.2) is 31.8 Å². The molecule has 0 radical (unpaired) electrons. The lowest BCUT2D eigenvalue weighted by atomic mass is 10.2. The van der Waals surface area contributed by atoms with Gasteiger partial charge in [0.15, 0.2) is 11.5 Å². The molecule has 1 aromatic carbocycles. The van der Waals surface area contributed by atoms with Crippen molar-refractivity contribution in [1.29, 1.82) is 0 Å². The van der Waals surface area contributed by atoms with Gasteiger partial charge in [-0.1, -0.05) is 0 Å². The van der Waals surface area contributed by atoms with Gasteiger partial charge in [-0.3, -0.25) is 4.79 Å². The third-order valence-electron chi connectivity index (χ3n) is 4.56. The third-order valence-corrected chi connectivity index (χ3v) is 4.56. The molecule has 1 aromatic heterocycles. The maximum Gasteiger partial charge on any atom is 0.257 e. The largest absolute Gasteiger partial charge is 0.493 e. The van der Waals surface area contributed by atoms with E-state index in [2.05, 4.69) is 9.88 Å². The molecule has 25 heavy (non-hydrogen) atoms. The summed E-state index contributed by atoms with van der Waals surface area (Å²) in [5.74, 6) is 1.35. The first-order valence-corrected chi connectivity index (χ1v) is 8.30. The lowest BCUT2D eigenvalue weighted by Gasteiger charge is -2.14. The number of hydrogen-bond donors (Lipinski definition) is 1. The van der Waals surface area contributed by atoms with Gasteiger partial charge < -0.3 is 24.1 Å². The van der Waals surface area contributed by atoms with E-state index in [1.807, 2.05) is 19.9 Å². The Bertz CT molecular complexity index is 781. The molecule has 1 amide bonds. The first-order chi connectivity index (χ1) is 12.0. The second kappa shape index (κ2) is 6.70. The van der Waals surface area contributed by atoms with E-state index in [0.717, 1.165) is 11.4 Å². The number of aryl methyl sites for hydroxylation is 1. The maximum atomic E-state index is 12.8. The number of anilines is 1. The fraction of sp³-hybridized carbons (Fsp3) is 0.421. The fourth-order valence-electron chi connectivity index (χ4n) is 3.25. The summed E-state index contributed by atoms with van der Waals surface area (Å²) >= 11 is 0. The Labute approximate surface area is 147 Å². The molecule has 3 rings (SSSR count). The highest BCUT2D eigenvalue weighted by Gasteiger charge is 2.28. The number of ether oxygens (including phenoxy) is 3. The SMILES string of the molecule is COc1cc(NC(=O)c2cc(C)n(C3CC3)c2C)cc(OC)c1OC. The number of rotatable bonds is 6. The number of benzene rings is 1. The molecule has 1 aliphatic rings. The van der Waals surface area contributed by atoms with Gasteiger partial charge in [-0.2, -0.15) is 0 Å². The van der Waals surface area contributed by atoms with Crippen molar-refractivity contribution in [2.75, 3.05) is 26.6 Å². The van der Waals surface area contributed by atoms with Crippen LogP contribution in [0, 0.1) is 13.8 Å². The average Bonchev–Trinajstić information content (AvgIpc) is 3.38. The molecule has 1 fully saturated rings. The van der Waals surface area contributed by atoms with Crippen molar-refractivity contribution in [3.8, 4) is 17.2 Å². The quantitative estimate of drug-likeness (QED) is 0.867. The van der Waals surface area contributed by atoms with Gasteiger partial charge in [0.25, 0.3) is 5.91 Å².